The van der Waals surface area contributed by atoms with Crippen molar-refractivity contribution in [3.63, 3.8) is 0 Å². The highest BCUT2D eigenvalue weighted by Gasteiger charge is 2.20. The Morgan fingerprint density at radius 3 is 2.12 bits per heavy atom. The van der Waals surface area contributed by atoms with E-state index in [1.165, 1.54) is 36.4 Å². The van der Waals surface area contributed by atoms with Crippen molar-refractivity contribution in [2.24, 2.45) is 0 Å². The van der Waals surface area contributed by atoms with E-state index < -0.39 is 9.84 Å². The van der Waals surface area contributed by atoms with Crippen LogP contribution in [-0.4, -0.2) is 13.5 Å². The van der Waals surface area contributed by atoms with Gasteiger partial charge in [0.15, 0.2) is 0 Å². The molecule has 0 aliphatic carbocycles. The van der Waals surface area contributed by atoms with E-state index in [9.17, 15) is 13.5 Å². The lowest BCUT2D eigenvalue weighted by Crippen LogP contribution is -2.01. The van der Waals surface area contributed by atoms with E-state index in [1.54, 1.807) is 12.1 Å². The molecule has 0 aliphatic heterocycles. The molecule has 0 radical (unpaired) electrons. The second-order valence-electron chi connectivity index (χ2n) is 3.43. The summed E-state index contributed by atoms with van der Waals surface area (Å²) in [6.07, 6.45) is 0. The summed E-state index contributed by atoms with van der Waals surface area (Å²) in [7, 11) is -3.70. The number of benzene rings is 2. The minimum Gasteiger partial charge on any atom is -0.507 e. The molecule has 2 rings (SSSR count). The molecule has 0 aromatic heterocycles. The fourth-order valence-corrected chi connectivity index (χ4v) is 2.90. The fraction of sp³-hybridized carbons (Fsp3) is 0. The number of phenols is 1. The molecule has 0 unspecified atom stereocenters. The molecule has 0 amide bonds. The molecule has 5 heteroatoms. The summed E-state index contributed by atoms with van der Waals surface area (Å²) in [4.78, 5) is -0.00859. The Balaban J connectivity index is 2.58. The van der Waals surface area contributed by atoms with E-state index in [-0.39, 0.29) is 15.5 Å². The molecule has 2 aromatic carbocycles. The Kier molecular flexibility index (Phi) is 3.09. The minimum atomic E-state index is -3.70. The van der Waals surface area contributed by atoms with Crippen molar-refractivity contribution in [1.29, 1.82) is 0 Å². The summed E-state index contributed by atoms with van der Waals surface area (Å²) in [6.45, 7) is 0. The normalized spacial score (nSPS) is 11.4. The van der Waals surface area contributed by atoms with Crippen LogP contribution >= 0.6 is 11.6 Å². The standard InChI is InChI=1S/C12H9ClO3S/c13-9-5-7-10(8-6-9)17(15,16)12-4-2-1-3-11(12)14/h1-8,14H. The number of para-hydroxylation sites is 1. The molecule has 2 aromatic rings. The van der Waals surface area contributed by atoms with Gasteiger partial charge < -0.3 is 5.11 Å². The molecule has 0 saturated carbocycles. The molecule has 0 bridgehead atoms. The summed E-state index contributed by atoms with van der Waals surface area (Å²) in [5, 5.41) is 10.0. The molecule has 0 atom stereocenters. The van der Waals surface area contributed by atoms with Crippen molar-refractivity contribution in [1.82, 2.24) is 0 Å². The average molecular weight is 269 g/mol. The first-order valence-electron chi connectivity index (χ1n) is 4.80. The number of hydrogen-bond donors (Lipinski definition) is 1. The van der Waals surface area contributed by atoms with Gasteiger partial charge in [0.05, 0.1) is 4.90 Å². The maximum absolute atomic E-state index is 12.2. The van der Waals surface area contributed by atoms with Crippen molar-refractivity contribution in [2.45, 2.75) is 9.79 Å². The van der Waals surface area contributed by atoms with Crippen LogP contribution < -0.4 is 0 Å². The molecule has 0 spiro atoms. The summed E-state index contributed by atoms with van der Waals surface area (Å²) in [6, 6.07) is 11.6. The van der Waals surface area contributed by atoms with Crippen LogP contribution in [0, 0.1) is 0 Å². The zero-order valence-electron chi connectivity index (χ0n) is 8.67. The molecule has 1 N–H and O–H groups in total. The Bertz CT molecular complexity index is 633. The summed E-state index contributed by atoms with van der Waals surface area (Å²) >= 11 is 5.69. The first kappa shape index (κ1) is 12.0. The van der Waals surface area contributed by atoms with Crippen molar-refractivity contribution in [2.75, 3.05) is 0 Å². The Hall–Kier alpha value is -1.52. The van der Waals surface area contributed by atoms with Crippen molar-refractivity contribution >= 4 is 21.4 Å². The fourth-order valence-electron chi connectivity index (χ4n) is 1.43. The van der Waals surface area contributed by atoms with Crippen LogP contribution in [0.15, 0.2) is 58.3 Å². The first-order chi connectivity index (χ1) is 8.01. The zero-order valence-corrected chi connectivity index (χ0v) is 10.2. The average Bonchev–Trinajstić information content (AvgIpc) is 2.30. The second kappa shape index (κ2) is 4.39. The summed E-state index contributed by atoms with van der Waals surface area (Å²) in [5.41, 5.74) is 0. The van der Waals surface area contributed by atoms with Gasteiger partial charge in [-0.05, 0) is 36.4 Å². The lowest BCUT2D eigenvalue weighted by Gasteiger charge is -2.06. The summed E-state index contributed by atoms with van der Waals surface area (Å²) < 4.78 is 24.3. The third-order valence-electron chi connectivity index (χ3n) is 2.28. The maximum atomic E-state index is 12.2. The van der Waals surface area contributed by atoms with Gasteiger partial charge in [0.1, 0.15) is 10.6 Å². The predicted octanol–water partition coefficient (Wildman–Crippen LogP) is 2.88. The molecule has 0 saturated heterocycles. The van der Waals surface area contributed by atoms with Crippen molar-refractivity contribution in [3.05, 3.63) is 53.6 Å². The van der Waals surface area contributed by atoms with Crippen LogP contribution in [0.25, 0.3) is 0 Å². The van der Waals surface area contributed by atoms with E-state index in [0.29, 0.717) is 5.02 Å². The van der Waals surface area contributed by atoms with E-state index in [4.69, 9.17) is 11.6 Å². The maximum Gasteiger partial charge on any atom is 0.210 e. The highest BCUT2D eigenvalue weighted by atomic mass is 35.5. The van der Waals surface area contributed by atoms with Gasteiger partial charge >= 0.3 is 0 Å². The van der Waals surface area contributed by atoms with Gasteiger partial charge in [-0.1, -0.05) is 23.7 Å². The van der Waals surface area contributed by atoms with Crippen LogP contribution in [0.5, 0.6) is 5.75 Å². The van der Waals surface area contributed by atoms with Gasteiger partial charge in [-0.25, -0.2) is 8.42 Å². The first-order valence-corrected chi connectivity index (χ1v) is 6.66. The lowest BCUT2D eigenvalue weighted by atomic mass is 10.3. The molecule has 0 fully saturated rings. The number of hydrogen-bond acceptors (Lipinski definition) is 3. The third-order valence-corrected chi connectivity index (χ3v) is 4.35. The number of phenolic OH excluding ortho intramolecular Hbond substituents is 1. The molecule has 0 heterocycles. The van der Waals surface area contributed by atoms with E-state index in [2.05, 4.69) is 0 Å². The topological polar surface area (TPSA) is 54.4 Å². The largest absolute Gasteiger partial charge is 0.507 e. The van der Waals surface area contributed by atoms with Crippen LogP contribution in [0.1, 0.15) is 0 Å². The molecule has 17 heavy (non-hydrogen) atoms. The number of aromatic hydroxyl groups is 1. The van der Waals surface area contributed by atoms with Crippen LogP contribution in [0.4, 0.5) is 0 Å². The Morgan fingerprint density at radius 2 is 1.53 bits per heavy atom. The van der Waals surface area contributed by atoms with Gasteiger partial charge in [0, 0.05) is 5.02 Å². The van der Waals surface area contributed by atoms with Gasteiger partial charge in [0.2, 0.25) is 9.84 Å². The quantitative estimate of drug-likeness (QED) is 0.911. The molecular weight excluding hydrogens is 260 g/mol. The van der Waals surface area contributed by atoms with Gasteiger partial charge in [0.25, 0.3) is 0 Å². The predicted molar refractivity (Wildman–Crippen MR) is 65.0 cm³/mol. The van der Waals surface area contributed by atoms with Crippen molar-refractivity contribution < 1.29 is 13.5 Å². The highest BCUT2D eigenvalue weighted by Crippen LogP contribution is 2.28. The van der Waals surface area contributed by atoms with Crippen molar-refractivity contribution in [3.8, 4) is 5.75 Å². The number of sulfone groups is 1. The monoisotopic (exact) mass is 268 g/mol. The number of rotatable bonds is 2. The molecule has 88 valence electrons. The molecule has 0 aliphatic rings. The van der Waals surface area contributed by atoms with Gasteiger partial charge in [-0.3, -0.25) is 0 Å². The third kappa shape index (κ3) is 2.28. The van der Waals surface area contributed by atoms with E-state index in [0.717, 1.165) is 0 Å². The number of halogens is 1. The van der Waals surface area contributed by atoms with Crippen LogP contribution in [0.3, 0.4) is 0 Å². The second-order valence-corrected chi connectivity index (χ2v) is 5.78. The van der Waals surface area contributed by atoms with E-state index >= 15 is 0 Å². The Labute approximate surface area is 104 Å². The minimum absolute atomic E-state index is 0.100. The van der Waals surface area contributed by atoms with Gasteiger partial charge in [-0.15, -0.1) is 0 Å². The molecular formula is C12H9ClO3S. The molecule has 3 nitrogen and oxygen atoms in total. The smallest absolute Gasteiger partial charge is 0.210 e. The van der Waals surface area contributed by atoms with Crippen LogP contribution in [-0.2, 0) is 9.84 Å². The summed E-state index contributed by atoms with van der Waals surface area (Å²) in [5.74, 6) is -0.262. The zero-order chi connectivity index (χ0) is 12.5. The SMILES string of the molecule is O=S(=O)(c1ccc(Cl)cc1)c1ccccc1O. The Morgan fingerprint density at radius 1 is 0.941 bits per heavy atom. The highest BCUT2D eigenvalue weighted by molar-refractivity contribution is 7.91. The van der Waals surface area contributed by atoms with Crippen LogP contribution in [0.2, 0.25) is 5.02 Å². The lowest BCUT2D eigenvalue weighted by molar-refractivity contribution is 0.459. The van der Waals surface area contributed by atoms with Gasteiger partial charge in [-0.2, -0.15) is 0 Å². The van der Waals surface area contributed by atoms with E-state index in [1.807, 2.05) is 0 Å².